The van der Waals surface area contributed by atoms with Crippen LogP contribution in [0.5, 0.6) is 0 Å². The molecule has 0 bridgehead atoms. The van der Waals surface area contributed by atoms with Crippen LogP contribution in [0, 0.1) is 0 Å². The van der Waals surface area contributed by atoms with E-state index in [1.54, 1.807) is 6.08 Å². The summed E-state index contributed by atoms with van der Waals surface area (Å²) in [5, 5.41) is 0. The Hall–Kier alpha value is -1.37. The third-order valence-corrected chi connectivity index (χ3v) is 4.29. The fraction of sp³-hybridized carbons (Fsp3) is 0.688. The van der Waals surface area contributed by atoms with Gasteiger partial charge >= 0.3 is 0 Å². The molecule has 3 aliphatic rings. The van der Waals surface area contributed by atoms with Gasteiger partial charge in [-0.3, -0.25) is 14.4 Å². The molecule has 6 heteroatoms. The topological polar surface area (TPSA) is 78.9 Å². The number of hydrogen-bond donors (Lipinski definition) is 0. The van der Waals surface area contributed by atoms with Gasteiger partial charge in [-0.05, 0) is 31.9 Å². The van der Waals surface area contributed by atoms with Gasteiger partial charge in [-0.25, -0.2) is 0 Å². The average molecular weight is 308 g/mol. The first-order valence-corrected chi connectivity index (χ1v) is 7.71. The van der Waals surface area contributed by atoms with E-state index in [9.17, 15) is 14.4 Å². The normalized spacial score (nSPS) is 38.7. The van der Waals surface area contributed by atoms with E-state index in [2.05, 4.69) is 0 Å². The number of Topliss-reactive ketones (excluding diaryl/α,β-unsaturated/α-hetero) is 2. The van der Waals surface area contributed by atoms with Crippen molar-refractivity contribution in [3.63, 3.8) is 0 Å². The molecule has 0 N–H and O–H groups in total. The van der Waals surface area contributed by atoms with Crippen LogP contribution in [-0.4, -0.2) is 48.1 Å². The Balaban J connectivity index is 1.71. The minimum atomic E-state index is -0.873. The summed E-state index contributed by atoms with van der Waals surface area (Å²) in [7, 11) is 0. The maximum atomic E-state index is 12.1. The zero-order chi connectivity index (χ0) is 15.7. The predicted octanol–water partition coefficient (Wildman–Crippen LogP) is 1.11. The van der Waals surface area contributed by atoms with Gasteiger partial charge in [0.15, 0.2) is 17.4 Å². The lowest BCUT2D eigenvalue weighted by molar-refractivity contribution is -0.259. The Labute approximate surface area is 128 Å². The van der Waals surface area contributed by atoms with Crippen molar-refractivity contribution in [1.82, 2.24) is 0 Å². The highest BCUT2D eigenvalue weighted by Gasteiger charge is 2.47. The molecule has 0 amide bonds. The molecule has 3 heterocycles. The molecule has 3 aliphatic heterocycles. The standard InChI is InChI=1S/C16H20O6/c1-10(17)8-13-12(19)9-14(21-13)15-11(18)4-6-16(22-15)5-2-3-7-20-16/h4,6,13-15H,2-3,5,7-9H2,1H3/t13?,14-,15+,16+/m1/s1. The zero-order valence-electron chi connectivity index (χ0n) is 12.6. The number of carbonyl (C=O) groups is 3. The molecule has 0 aromatic heterocycles. The monoisotopic (exact) mass is 308 g/mol. The molecule has 0 aromatic rings. The molecule has 4 atom stereocenters. The number of rotatable bonds is 3. The summed E-state index contributed by atoms with van der Waals surface area (Å²) in [4.78, 5) is 35.2. The van der Waals surface area contributed by atoms with E-state index >= 15 is 0 Å². The van der Waals surface area contributed by atoms with Crippen LogP contribution >= 0.6 is 0 Å². The smallest absolute Gasteiger partial charge is 0.189 e. The molecular weight excluding hydrogens is 288 g/mol. The molecule has 120 valence electrons. The second-order valence-electron chi connectivity index (χ2n) is 6.13. The summed E-state index contributed by atoms with van der Waals surface area (Å²) in [6.07, 6.45) is 3.64. The van der Waals surface area contributed by atoms with E-state index in [-0.39, 0.29) is 30.2 Å². The zero-order valence-corrected chi connectivity index (χ0v) is 12.6. The third-order valence-electron chi connectivity index (χ3n) is 4.29. The maximum absolute atomic E-state index is 12.1. The molecule has 1 unspecified atom stereocenters. The van der Waals surface area contributed by atoms with Crippen molar-refractivity contribution >= 4 is 17.3 Å². The summed E-state index contributed by atoms with van der Waals surface area (Å²) >= 11 is 0. The summed E-state index contributed by atoms with van der Waals surface area (Å²) in [6.45, 7) is 2.00. The maximum Gasteiger partial charge on any atom is 0.189 e. The highest BCUT2D eigenvalue weighted by molar-refractivity contribution is 5.97. The lowest BCUT2D eigenvalue weighted by Crippen LogP contribution is -2.50. The number of ether oxygens (including phenoxy) is 3. The Morgan fingerprint density at radius 2 is 2.18 bits per heavy atom. The van der Waals surface area contributed by atoms with Crippen LogP contribution in [0.3, 0.4) is 0 Å². The SMILES string of the molecule is CC(=O)CC1O[C@@H]([C@H]2O[C@]3(C=CC2=O)CCCCO3)CC1=O. The van der Waals surface area contributed by atoms with Crippen molar-refractivity contribution in [2.75, 3.05) is 6.61 Å². The first kappa shape index (κ1) is 15.5. The van der Waals surface area contributed by atoms with Crippen LogP contribution in [0.25, 0.3) is 0 Å². The summed E-state index contributed by atoms with van der Waals surface area (Å²) < 4.78 is 17.2. The highest BCUT2D eigenvalue weighted by Crippen LogP contribution is 2.35. The molecule has 22 heavy (non-hydrogen) atoms. The minimum absolute atomic E-state index is 0.0493. The van der Waals surface area contributed by atoms with Crippen molar-refractivity contribution in [2.24, 2.45) is 0 Å². The van der Waals surface area contributed by atoms with E-state index in [0.717, 1.165) is 12.8 Å². The van der Waals surface area contributed by atoms with Crippen LogP contribution in [0.15, 0.2) is 12.2 Å². The van der Waals surface area contributed by atoms with Crippen molar-refractivity contribution in [1.29, 1.82) is 0 Å². The third kappa shape index (κ3) is 3.04. The van der Waals surface area contributed by atoms with Gasteiger partial charge in [0.2, 0.25) is 0 Å². The highest BCUT2D eigenvalue weighted by atomic mass is 16.7. The molecule has 1 spiro atoms. The van der Waals surface area contributed by atoms with Gasteiger partial charge in [-0.1, -0.05) is 0 Å². The van der Waals surface area contributed by atoms with Gasteiger partial charge in [0, 0.05) is 19.3 Å². The minimum Gasteiger partial charge on any atom is -0.363 e. The number of carbonyl (C=O) groups excluding carboxylic acids is 3. The fourth-order valence-corrected chi connectivity index (χ4v) is 3.16. The van der Waals surface area contributed by atoms with Gasteiger partial charge in [-0.15, -0.1) is 0 Å². The van der Waals surface area contributed by atoms with E-state index < -0.39 is 24.1 Å². The summed E-state index contributed by atoms with van der Waals surface area (Å²) in [5.41, 5.74) is 0. The van der Waals surface area contributed by atoms with Crippen molar-refractivity contribution in [3.8, 4) is 0 Å². The Morgan fingerprint density at radius 1 is 1.36 bits per heavy atom. The predicted molar refractivity (Wildman–Crippen MR) is 75.1 cm³/mol. The van der Waals surface area contributed by atoms with Crippen LogP contribution in [0.1, 0.15) is 39.0 Å². The van der Waals surface area contributed by atoms with Crippen LogP contribution in [0.4, 0.5) is 0 Å². The molecule has 2 saturated heterocycles. The quantitative estimate of drug-likeness (QED) is 0.777. The molecular formula is C16H20O6. The first-order chi connectivity index (χ1) is 10.5. The van der Waals surface area contributed by atoms with Gasteiger partial charge < -0.3 is 14.2 Å². The van der Waals surface area contributed by atoms with E-state index in [4.69, 9.17) is 14.2 Å². The summed E-state index contributed by atoms with van der Waals surface area (Å²) in [5.74, 6) is -1.35. The molecule has 0 aromatic carbocycles. The van der Waals surface area contributed by atoms with Gasteiger partial charge in [0.05, 0.1) is 12.7 Å². The Bertz CT molecular complexity index is 517. The lowest BCUT2D eigenvalue weighted by atomic mass is 9.97. The van der Waals surface area contributed by atoms with Crippen molar-refractivity contribution in [3.05, 3.63) is 12.2 Å². The molecule has 0 saturated carbocycles. The number of ketones is 3. The second kappa shape index (κ2) is 6.02. The van der Waals surface area contributed by atoms with Crippen molar-refractivity contribution in [2.45, 2.75) is 63.1 Å². The fourth-order valence-electron chi connectivity index (χ4n) is 3.16. The Morgan fingerprint density at radius 3 is 2.86 bits per heavy atom. The van der Waals surface area contributed by atoms with Gasteiger partial charge in [-0.2, -0.15) is 0 Å². The van der Waals surface area contributed by atoms with Crippen LogP contribution in [0.2, 0.25) is 0 Å². The Kier molecular flexibility index (Phi) is 4.25. The molecule has 0 aliphatic carbocycles. The van der Waals surface area contributed by atoms with E-state index in [0.29, 0.717) is 13.0 Å². The summed E-state index contributed by atoms with van der Waals surface area (Å²) in [6, 6.07) is 0. The van der Waals surface area contributed by atoms with Crippen molar-refractivity contribution < 1.29 is 28.6 Å². The molecule has 3 rings (SSSR count). The first-order valence-electron chi connectivity index (χ1n) is 7.71. The number of hydrogen-bond acceptors (Lipinski definition) is 6. The van der Waals surface area contributed by atoms with Crippen LogP contribution < -0.4 is 0 Å². The van der Waals surface area contributed by atoms with E-state index in [1.807, 2.05) is 0 Å². The van der Waals surface area contributed by atoms with Gasteiger partial charge in [0.1, 0.15) is 18.0 Å². The van der Waals surface area contributed by atoms with E-state index in [1.165, 1.54) is 13.0 Å². The van der Waals surface area contributed by atoms with Gasteiger partial charge in [0.25, 0.3) is 0 Å². The largest absolute Gasteiger partial charge is 0.363 e. The van der Waals surface area contributed by atoms with Crippen LogP contribution in [-0.2, 0) is 28.6 Å². The molecule has 2 fully saturated rings. The second-order valence-corrected chi connectivity index (χ2v) is 6.13. The molecule has 0 radical (unpaired) electrons. The average Bonchev–Trinajstić information content (AvgIpc) is 2.83. The lowest BCUT2D eigenvalue weighted by Gasteiger charge is -2.40. The molecule has 6 nitrogen and oxygen atoms in total.